The average molecular weight is 442 g/mol. The molecule has 7 nitrogen and oxygen atoms in total. The quantitative estimate of drug-likeness (QED) is 0.486. The van der Waals surface area contributed by atoms with Crippen LogP contribution < -0.4 is 10.1 Å². The number of carbonyl (C=O) groups excluding carboxylic acids is 1. The summed E-state index contributed by atoms with van der Waals surface area (Å²) >= 11 is 7.70. The van der Waals surface area contributed by atoms with Gasteiger partial charge in [-0.15, -0.1) is 10.2 Å². The van der Waals surface area contributed by atoms with E-state index in [2.05, 4.69) is 20.6 Å². The highest BCUT2D eigenvalue weighted by Crippen LogP contribution is 2.29. The van der Waals surface area contributed by atoms with E-state index in [9.17, 15) is 4.79 Å². The molecular weight excluding hydrogens is 422 g/mol. The molecule has 0 spiro atoms. The van der Waals surface area contributed by atoms with Crippen LogP contribution in [-0.4, -0.2) is 32.3 Å². The lowest BCUT2D eigenvalue weighted by Crippen LogP contribution is -2.28. The van der Waals surface area contributed by atoms with Crippen LogP contribution in [0.2, 0.25) is 5.02 Å². The van der Waals surface area contributed by atoms with Crippen LogP contribution in [0.4, 0.5) is 0 Å². The smallest absolute Gasteiger partial charge is 0.258 e. The zero-order valence-electron chi connectivity index (χ0n) is 16.8. The molecule has 4 rings (SSSR count). The number of nitrogens with one attached hydrogen (secondary N) is 1. The monoisotopic (exact) mass is 441 g/mol. The summed E-state index contributed by atoms with van der Waals surface area (Å²) in [4.78, 5) is 12.9. The SMILES string of the molecule is Cc1cc(C)c(OCC(=O)NCc2ccc(-c3nn4c(C)nnc4s3)cc2)c(Cl)c1. The van der Waals surface area contributed by atoms with Gasteiger partial charge in [0, 0.05) is 12.1 Å². The van der Waals surface area contributed by atoms with Crippen molar-refractivity contribution in [3.05, 3.63) is 63.9 Å². The number of rotatable bonds is 6. The first-order chi connectivity index (χ1) is 14.4. The largest absolute Gasteiger partial charge is 0.482 e. The van der Waals surface area contributed by atoms with Crippen LogP contribution in [0.3, 0.4) is 0 Å². The molecule has 0 fully saturated rings. The number of amides is 1. The van der Waals surface area contributed by atoms with Gasteiger partial charge in [-0.1, -0.05) is 53.3 Å². The molecular formula is C21H20ClN5O2S. The number of carbonyl (C=O) groups is 1. The predicted molar refractivity (Wildman–Crippen MR) is 117 cm³/mol. The topological polar surface area (TPSA) is 81.4 Å². The molecule has 0 unspecified atom stereocenters. The number of hydrogen-bond acceptors (Lipinski definition) is 6. The Balaban J connectivity index is 1.33. The summed E-state index contributed by atoms with van der Waals surface area (Å²) in [5.74, 6) is 1.09. The molecule has 0 bridgehead atoms. The van der Waals surface area contributed by atoms with E-state index < -0.39 is 0 Å². The molecule has 9 heteroatoms. The molecule has 0 atom stereocenters. The number of benzene rings is 2. The van der Waals surface area contributed by atoms with Crippen LogP contribution in [0, 0.1) is 20.8 Å². The first-order valence-corrected chi connectivity index (χ1v) is 10.5. The van der Waals surface area contributed by atoms with Gasteiger partial charge in [0.1, 0.15) is 10.8 Å². The maximum absolute atomic E-state index is 12.2. The number of hydrogen-bond donors (Lipinski definition) is 1. The molecule has 154 valence electrons. The summed E-state index contributed by atoms with van der Waals surface area (Å²) < 4.78 is 7.35. The van der Waals surface area contributed by atoms with Gasteiger partial charge in [-0.3, -0.25) is 4.79 Å². The minimum Gasteiger partial charge on any atom is -0.482 e. The standard InChI is InChI=1S/C21H20ClN5O2S/c1-12-8-13(2)19(17(22)9-12)29-11-18(28)23-10-15-4-6-16(7-5-15)20-26-27-14(3)24-25-21(27)30-20/h4-9H,10-11H2,1-3H3,(H,23,28). The van der Waals surface area contributed by atoms with E-state index in [0.717, 1.165) is 38.0 Å². The number of fused-ring (bicyclic) bond motifs is 1. The Bertz CT molecular complexity index is 1190. The number of aromatic nitrogens is 4. The van der Waals surface area contributed by atoms with E-state index in [4.69, 9.17) is 16.3 Å². The van der Waals surface area contributed by atoms with Crippen molar-refractivity contribution in [1.29, 1.82) is 0 Å². The fraction of sp³-hybridized carbons (Fsp3) is 0.238. The minimum atomic E-state index is -0.209. The lowest BCUT2D eigenvalue weighted by atomic mass is 10.1. The van der Waals surface area contributed by atoms with Crippen LogP contribution in [0.25, 0.3) is 15.5 Å². The molecule has 0 aliphatic rings. The zero-order valence-corrected chi connectivity index (χ0v) is 18.3. The van der Waals surface area contributed by atoms with Gasteiger partial charge in [-0.05, 0) is 43.5 Å². The second-order valence-electron chi connectivity index (χ2n) is 7.00. The molecule has 2 aromatic heterocycles. The van der Waals surface area contributed by atoms with Crippen molar-refractivity contribution in [2.24, 2.45) is 0 Å². The van der Waals surface area contributed by atoms with Crippen LogP contribution in [-0.2, 0) is 11.3 Å². The summed E-state index contributed by atoms with van der Waals surface area (Å²) in [6, 6.07) is 11.7. The van der Waals surface area contributed by atoms with Crippen LogP contribution in [0.1, 0.15) is 22.5 Å². The Morgan fingerprint density at radius 2 is 1.93 bits per heavy atom. The van der Waals surface area contributed by atoms with Crippen molar-refractivity contribution in [2.45, 2.75) is 27.3 Å². The first kappa shape index (κ1) is 20.3. The lowest BCUT2D eigenvalue weighted by Gasteiger charge is -2.12. The molecule has 2 heterocycles. The zero-order chi connectivity index (χ0) is 21.3. The van der Waals surface area contributed by atoms with Crippen molar-refractivity contribution < 1.29 is 9.53 Å². The fourth-order valence-electron chi connectivity index (χ4n) is 3.07. The van der Waals surface area contributed by atoms with Crippen molar-refractivity contribution in [2.75, 3.05) is 6.61 Å². The van der Waals surface area contributed by atoms with E-state index in [1.54, 1.807) is 4.52 Å². The Labute approximate surface area is 182 Å². The van der Waals surface area contributed by atoms with Crippen LogP contribution in [0.5, 0.6) is 5.75 Å². The van der Waals surface area contributed by atoms with Crippen molar-refractivity contribution >= 4 is 33.8 Å². The summed E-state index contributed by atoms with van der Waals surface area (Å²) in [6.45, 7) is 6.06. The molecule has 30 heavy (non-hydrogen) atoms. The van der Waals surface area contributed by atoms with Gasteiger partial charge in [-0.2, -0.15) is 9.61 Å². The van der Waals surface area contributed by atoms with E-state index in [1.165, 1.54) is 11.3 Å². The number of halogens is 1. The third kappa shape index (κ3) is 4.29. The molecule has 0 saturated carbocycles. The normalized spacial score (nSPS) is 11.1. The Morgan fingerprint density at radius 3 is 2.63 bits per heavy atom. The van der Waals surface area contributed by atoms with Gasteiger partial charge in [0.2, 0.25) is 4.96 Å². The predicted octanol–water partition coefficient (Wildman–Crippen LogP) is 4.13. The Kier molecular flexibility index (Phi) is 5.69. The highest BCUT2D eigenvalue weighted by Gasteiger charge is 2.11. The number of ether oxygens (including phenoxy) is 1. The van der Waals surface area contributed by atoms with E-state index >= 15 is 0 Å². The van der Waals surface area contributed by atoms with Gasteiger partial charge in [0.05, 0.1) is 5.02 Å². The lowest BCUT2D eigenvalue weighted by molar-refractivity contribution is -0.123. The third-order valence-electron chi connectivity index (χ3n) is 4.56. The van der Waals surface area contributed by atoms with Gasteiger partial charge in [0.25, 0.3) is 5.91 Å². The molecule has 0 aliphatic carbocycles. The molecule has 0 saturated heterocycles. The van der Waals surface area contributed by atoms with E-state index in [1.807, 2.05) is 57.2 Å². The van der Waals surface area contributed by atoms with Crippen molar-refractivity contribution in [3.8, 4) is 16.3 Å². The highest BCUT2D eigenvalue weighted by molar-refractivity contribution is 7.19. The maximum Gasteiger partial charge on any atom is 0.258 e. The Morgan fingerprint density at radius 1 is 1.17 bits per heavy atom. The van der Waals surface area contributed by atoms with Gasteiger partial charge in [-0.25, -0.2) is 0 Å². The summed E-state index contributed by atoms with van der Waals surface area (Å²) in [5, 5.41) is 16.9. The average Bonchev–Trinajstić information content (AvgIpc) is 3.28. The van der Waals surface area contributed by atoms with Crippen LogP contribution in [0.15, 0.2) is 36.4 Å². The van der Waals surface area contributed by atoms with Gasteiger partial charge in [0.15, 0.2) is 12.4 Å². The van der Waals surface area contributed by atoms with Crippen LogP contribution >= 0.6 is 22.9 Å². The molecule has 0 aliphatic heterocycles. The molecule has 1 amide bonds. The minimum absolute atomic E-state index is 0.0893. The summed E-state index contributed by atoms with van der Waals surface area (Å²) in [6.07, 6.45) is 0. The summed E-state index contributed by atoms with van der Waals surface area (Å²) in [7, 11) is 0. The molecule has 1 N–H and O–H groups in total. The van der Waals surface area contributed by atoms with E-state index in [-0.39, 0.29) is 12.5 Å². The van der Waals surface area contributed by atoms with Crippen molar-refractivity contribution in [3.63, 3.8) is 0 Å². The number of aryl methyl sites for hydroxylation is 3. The highest BCUT2D eigenvalue weighted by atomic mass is 35.5. The molecule has 0 radical (unpaired) electrons. The van der Waals surface area contributed by atoms with Gasteiger partial charge < -0.3 is 10.1 Å². The third-order valence-corrected chi connectivity index (χ3v) is 5.79. The second kappa shape index (κ2) is 8.41. The first-order valence-electron chi connectivity index (χ1n) is 9.35. The molecule has 2 aromatic carbocycles. The van der Waals surface area contributed by atoms with E-state index in [0.29, 0.717) is 17.3 Å². The second-order valence-corrected chi connectivity index (χ2v) is 8.37. The van der Waals surface area contributed by atoms with Crippen molar-refractivity contribution in [1.82, 2.24) is 25.1 Å². The number of nitrogens with zero attached hydrogens (tertiary/aromatic N) is 4. The van der Waals surface area contributed by atoms with Gasteiger partial charge >= 0.3 is 0 Å². The maximum atomic E-state index is 12.2. The Hall–Kier alpha value is -2.97. The summed E-state index contributed by atoms with van der Waals surface area (Å²) in [5.41, 5.74) is 3.93. The fourth-order valence-corrected chi connectivity index (χ4v) is 4.34. The molecule has 4 aromatic rings.